The SMILES string of the molecule is CCn1cc(CC(N)c2ccc(Br)o2)cn1. The van der Waals surface area contributed by atoms with Gasteiger partial charge in [-0.25, -0.2) is 0 Å². The Kier molecular flexibility index (Phi) is 3.46. The summed E-state index contributed by atoms with van der Waals surface area (Å²) in [6.45, 7) is 2.93. The van der Waals surface area contributed by atoms with E-state index in [1.54, 1.807) is 0 Å². The molecule has 0 aliphatic heterocycles. The number of rotatable bonds is 4. The predicted octanol–water partition coefficient (Wildman–Crippen LogP) is 2.50. The maximum Gasteiger partial charge on any atom is 0.169 e. The van der Waals surface area contributed by atoms with Crippen LogP contribution < -0.4 is 5.73 Å². The second-order valence-electron chi connectivity index (χ2n) is 3.66. The van der Waals surface area contributed by atoms with Crippen molar-refractivity contribution in [1.29, 1.82) is 0 Å². The molecule has 0 amide bonds. The van der Waals surface area contributed by atoms with Crippen LogP contribution in [0.4, 0.5) is 0 Å². The Labute approximate surface area is 103 Å². The summed E-state index contributed by atoms with van der Waals surface area (Å²) in [7, 11) is 0. The summed E-state index contributed by atoms with van der Waals surface area (Å²) in [5.74, 6) is 0.788. The summed E-state index contributed by atoms with van der Waals surface area (Å²) in [5, 5.41) is 4.21. The molecule has 2 aromatic heterocycles. The lowest BCUT2D eigenvalue weighted by Gasteiger charge is -2.06. The zero-order valence-corrected chi connectivity index (χ0v) is 10.6. The summed E-state index contributed by atoms with van der Waals surface area (Å²) in [4.78, 5) is 0. The zero-order chi connectivity index (χ0) is 11.5. The van der Waals surface area contributed by atoms with Gasteiger partial charge in [-0.05, 0) is 47.0 Å². The first kappa shape index (κ1) is 11.4. The number of halogens is 1. The predicted molar refractivity (Wildman–Crippen MR) is 64.9 cm³/mol. The van der Waals surface area contributed by atoms with Crippen LogP contribution in [-0.4, -0.2) is 9.78 Å². The van der Waals surface area contributed by atoms with Crippen LogP contribution in [0.15, 0.2) is 33.6 Å². The van der Waals surface area contributed by atoms with Crippen LogP contribution in [0.2, 0.25) is 0 Å². The summed E-state index contributed by atoms with van der Waals surface area (Å²) in [5.41, 5.74) is 7.17. The molecule has 16 heavy (non-hydrogen) atoms. The Morgan fingerprint density at radius 1 is 1.56 bits per heavy atom. The summed E-state index contributed by atoms with van der Waals surface area (Å²) < 4.78 is 8.01. The minimum absolute atomic E-state index is 0.124. The van der Waals surface area contributed by atoms with Gasteiger partial charge >= 0.3 is 0 Å². The summed E-state index contributed by atoms with van der Waals surface area (Å²) in [6, 6.07) is 3.62. The molecule has 86 valence electrons. The fraction of sp³-hybridized carbons (Fsp3) is 0.364. The fourth-order valence-corrected chi connectivity index (χ4v) is 1.89. The molecule has 1 atom stereocenters. The lowest BCUT2D eigenvalue weighted by molar-refractivity contribution is 0.448. The molecule has 0 aliphatic rings. The Balaban J connectivity index is 2.04. The third kappa shape index (κ3) is 2.54. The van der Waals surface area contributed by atoms with Gasteiger partial charge in [0.1, 0.15) is 5.76 Å². The average Bonchev–Trinajstić information content (AvgIpc) is 2.87. The van der Waals surface area contributed by atoms with E-state index in [4.69, 9.17) is 10.2 Å². The van der Waals surface area contributed by atoms with Crippen LogP contribution in [0.25, 0.3) is 0 Å². The highest BCUT2D eigenvalue weighted by Gasteiger charge is 2.12. The highest BCUT2D eigenvalue weighted by atomic mass is 79.9. The van der Waals surface area contributed by atoms with Crippen LogP contribution in [0.3, 0.4) is 0 Å². The second kappa shape index (κ2) is 4.84. The van der Waals surface area contributed by atoms with Gasteiger partial charge in [0.05, 0.1) is 12.2 Å². The van der Waals surface area contributed by atoms with Gasteiger partial charge in [-0.2, -0.15) is 5.10 Å². The minimum Gasteiger partial charge on any atom is -0.453 e. The highest BCUT2D eigenvalue weighted by Crippen LogP contribution is 2.21. The van der Waals surface area contributed by atoms with Gasteiger partial charge < -0.3 is 10.2 Å². The fourth-order valence-electron chi connectivity index (χ4n) is 1.57. The van der Waals surface area contributed by atoms with Crippen molar-refractivity contribution < 1.29 is 4.42 Å². The number of aryl methyl sites for hydroxylation is 1. The number of hydrogen-bond acceptors (Lipinski definition) is 3. The minimum atomic E-state index is -0.124. The number of furan rings is 1. The Hall–Kier alpha value is -1.07. The Morgan fingerprint density at radius 2 is 2.38 bits per heavy atom. The van der Waals surface area contributed by atoms with Crippen LogP contribution in [0, 0.1) is 0 Å². The van der Waals surface area contributed by atoms with Crippen molar-refractivity contribution in [2.75, 3.05) is 0 Å². The van der Waals surface area contributed by atoms with E-state index in [2.05, 4.69) is 28.0 Å². The average molecular weight is 284 g/mol. The Bertz CT molecular complexity index is 463. The van der Waals surface area contributed by atoms with Gasteiger partial charge in [0.25, 0.3) is 0 Å². The van der Waals surface area contributed by atoms with Crippen molar-refractivity contribution in [2.24, 2.45) is 5.73 Å². The molecule has 0 spiro atoms. The van der Waals surface area contributed by atoms with Crippen LogP contribution in [-0.2, 0) is 13.0 Å². The van der Waals surface area contributed by atoms with E-state index < -0.39 is 0 Å². The molecule has 0 bridgehead atoms. The molecule has 5 heteroatoms. The summed E-state index contributed by atoms with van der Waals surface area (Å²) >= 11 is 3.26. The van der Waals surface area contributed by atoms with Gasteiger partial charge in [0.15, 0.2) is 4.67 Å². The number of nitrogens with zero attached hydrogens (tertiary/aromatic N) is 2. The lowest BCUT2D eigenvalue weighted by Crippen LogP contribution is -2.12. The third-order valence-corrected chi connectivity index (χ3v) is 2.85. The molecule has 2 heterocycles. The van der Waals surface area contributed by atoms with E-state index in [-0.39, 0.29) is 6.04 Å². The van der Waals surface area contributed by atoms with Gasteiger partial charge in [-0.3, -0.25) is 4.68 Å². The van der Waals surface area contributed by atoms with E-state index in [0.29, 0.717) is 4.67 Å². The maximum absolute atomic E-state index is 6.04. The lowest BCUT2D eigenvalue weighted by atomic mass is 10.1. The third-order valence-electron chi connectivity index (χ3n) is 2.43. The smallest absolute Gasteiger partial charge is 0.169 e. The molecule has 0 saturated carbocycles. The van der Waals surface area contributed by atoms with Crippen molar-refractivity contribution in [1.82, 2.24) is 9.78 Å². The first-order valence-electron chi connectivity index (χ1n) is 5.21. The van der Waals surface area contributed by atoms with E-state index >= 15 is 0 Å². The molecule has 0 aromatic carbocycles. The number of aromatic nitrogens is 2. The van der Waals surface area contributed by atoms with E-state index in [0.717, 1.165) is 24.3 Å². The van der Waals surface area contributed by atoms with Crippen molar-refractivity contribution in [2.45, 2.75) is 25.9 Å². The van der Waals surface area contributed by atoms with Gasteiger partial charge in [-0.1, -0.05) is 0 Å². The molecule has 0 aliphatic carbocycles. The van der Waals surface area contributed by atoms with Gasteiger partial charge in [-0.15, -0.1) is 0 Å². The van der Waals surface area contributed by atoms with Crippen LogP contribution in [0.1, 0.15) is 24.3 Å². The van der Waals surface area contributed by atoms with E-state index in [1.807, 2.05) is 29.2 Å². The van der Waals surface area contributed by atoms with Crippen molar-refractivity contribution in [3.8, 4) is 0 Å². The zero-order valence-electron chi connectivity index (χ0n) is 9.06. The molecular formula is C11H14BrN3O. The Morgan fingerprint density at radius 3 is 2.94 bits per heavy atom. The largest absolute Gasteiger partial charge is 0.453 e. The topological polar surface area (TPSA) is 57.0 Å². The normalized spacial score (nSPS) is 12.9. The van der Waals surface area contributed by atoms with Crippen molar-refractivity contribution in [3.05, 3.63) is 40.5 Å². The monoisotopic (exact) mass is 283 g/mol. The van der Waals surface area contributed by atoms with Crippen molar-refractivity contribution >= 4 is 15.9 Å². The molecule has 0 radical (unpaired) electrons. The number of hydrogen-bond donors (Lipinski definition) is 1. The van der Waals surface area contributed by atoms with Gasteiger partial charge in [0, 0.05) is 12.7 Å². The molecule has 0 saturated heterocycles. The van der Waals surface area contributed by atoms with Gasteiger partial charge in [0.2, 0.25) is 0 Å². The van der Waals surface area contributed by atoms with Crippen LogP contribution in [0.5, 0.6) is 0 Å². The molecular weight excluding hydrogens is 270 g/mol. The quantitative estimate of drug-likeness (QED) is 0.938. The van der Waals surface area contributed by atoms with Crippen molar-refractivity contribution in [3.63, 3.8) is 0 Å². The molecule has 2 N–H and O–H groups in total. The van der Waals surface area contributed by atoms with E-state index in [1.165, 1.54) is 0 Å². The summed E-state index contributed by atoms with van der Waals surface area (Å²) in [6.07, 6.45) is 4.60. The molecule has 0 fully saturated rings. The maximum atomic E-state index is 6.04. The second-order valence-corrected chi connectivity index (χ2v) is 4.44. The van der Waals surface area contributed by atoms with Crippen LogP contribution >= 0.6 is 15.9 Å². The van der Waals surface area contributed by atoms with E-state index in [9.17, 15) is 0 Å². The molecule has 1 unspecified atom stereocenters. The standard InChI is InChI=1S/C11H14BrN3O/c1-2-15-7-8(6-14-15)5-9(13)10-3-4-11(12)16-10/h3-4,6-7,9H,2,5,13H2,1H3. The first-order valence-corrected chi connectivity index (χ1v) is 6.00. The first-order chi connectivity index (χ1) is 7.69. The highest BCUT2D eigenvalue weighted by molar-refractivity contribution is 9.10. The molecule has 2 aromatic rings. The number of nitrogens with two attached hydrogens (primary N) is 1. The molecule has 2 rings (SSSR count). The molecule has 4 nitrogen and oxygen atoms in total.